The first kappa shape index (κ1) is 28.0. The average Bonchev–Trinajstić information content (AvgIpc) is 2.86. The van der Waals surface area contributed by atoms with Gasteiger partial charge in [0, 0.05) is 21.2 Å². The fourth-order valence-corrected chi connectivity index (χ4v) is 8.39. The molecule has 218 valence electrons. The van der Waals surface area contributed by atoms with E-state index in [1.807, 2.05) is 11.8 Å². The maximum Gasteiger partial charge on any atom is 0.222 e. The van der Waals surface area contributed by atoms with Crippen molar-refractivity contribution in [3.05, 3.63) is 77.0 Å². The summed E-state index contributed by atoms with van der Waals surface area (Å²) in [5.41, 5.74) is 8.67. The predicted molar refractivity (Wildman–Crippen MR) is 184 cm³/mol. The summed E-state index contributed by atoms with van der Waals surface area (Å²) in [6.07, 6.45) is 3.65. The summed E-state index contributed by atoms with van der Waals surface area (Å²) in [7, 11) is 2.08. The summed E-state index contributed by atoms with van der Waals surface area (Å²) in [6, 6.07) is 18.7. The zero-order chi connectivity index (χ0) is 31.2. The number of rotatable bonds is 3. The van der Waals surface area contributed by atoms with E-state index in [0.717, 1.165) is 19.3 Å². The van der Waals surface area contributed by atoms with E-state index in [9.17, 15) is 0 Å². The summed E-state index contributed by atoms with van der Waals surface area (Å²) in [6.45, 7) is 23.3. The Kier molecular flexibility index (Phi) is 6.55. The highest BCUT2D eigenvalue weighted by molar-refractivity contribution is 8.00. The number of pyridine rings is 1. The summed E-state index contributed by atoms with van der Waals surface area (Å²) < 4.78 is 11.3. The molecule has 0 aliphatic carbocycles. The maximum absolute atomic E-state index is 9.14. The molecule has 42 heavy (non-hydrogen) atoms. The van der Waals surface area contributed by atoms with Crippen molar-refractivity contribution >= 4 is 44.1 Å². The Bertz CT molecular complexity index is 1940. The largest absolute Gasteiger partial charge is 0.222 e. The van der Waals surface area contributed by atoms with Crippen LogP contribution in [0.5, 0.6) is 0 Å². The van der Waals surface area contributed by atoms with Crippen LogP contribution in [0.25, 0.3) is 43.6 Å². The van der Waals surface area contributed by atoms with E-state index < -0.39 is 0 Å². The third-order valence-electron chi connectivity index (χ3n) is 8.50. The molecule has 0 radical (unpaired) electrons. The number of benzene rings is 4. The highest BCUT2D eigenvalue weighted by atomic mass is 32.2. The second kappa shape index (κ2) is 9.84. The highest BCUT2D eigenvalue weighted by Crippen LogP contribution is 2.53. The molecule has 6 rings (SSSR count). The third-order valence-corrected chi connectivity index (χ3v) is 9.69. The van der Waals surface area contributed by atoms with Gasteiger partial charge in [-0.05, 0) is 92.3 Å². The van der Waals surface area contributed by atoms with E-state index in [4.69, 9.17) is 1.37 Å². The number of fused-ring (bicyclic) bond motifs is 5. The number of aromatic nitrogens is 1. The molecule has 0 saturated carbocycles. The summed E-state index contributed by atoms with van der Waals surface area (Å²) in [4.78, 5) is 2.69. The molecule has 0 atom stereocenters. The Balaban J connectivity index is 1.71. The van der Waals surface area contributed by atoms with Crippen molar-refractivity contribution in [1.82, 2.24) is 0 Å². The smallest absolute Gasteiger partial charge is 0.200 e. The molecule has 5 aromatic rings. The van der Waals surface area contributed by atoms with Crippen molar-refractivity contribution in [2.24, 2.45) is 23.3 Å². The van der Waals surface area contributed by atoms with E-state index in [2.05, 4.69) is 129 Å². The van der Waals surface area contributed by atoms with Gasteiger partial charge >= 0.3 is 0 Å². The molecule has 0 spiro atoms. The van der Waals surface area contributed by atoms with E-state index in [1.165, 1.54) is 75.6 Å². The van der Waals surface area contributed by atoms with Crippen molar-refractivity contribution in [1.29, 1.82) is 0 Å². The number of hydrogen-bond acceptors (Lipinski definition) is 1. The van der Waals surface area contributed by atoms with E-state index >= 15 is 0 Å². The topological polar surface area (TPSA) is 3.88 Å². The van der Waals surface area contributed by atoms with Gasteiger partial charge in [0.05, 0.1) is 10.9 Å². The molecule has 2 heterocycles. The monoisotopic (exact) mass is 575 g/mol. The third kappa shape index (κ3) is 5.37. The summed E-state index contributed by atoms with van der Waals surface area (Å²) >= 11 is 1.96. The van der Waals surface area contributed by atoms with Crippen molar-refractivity contribution in [3.63, 3.8) is 0 Å². The minimum absolute atomic E-state index is 0.140. The van der Waals surface area contributed by atoms with Crippen LogP contribution in [0.3, 0.4) is 0 Å². The molecule has 0 unspecified atom stereocenters. The zero-order valence-electron chi connectivity index (χ0n) is 28.6. The van der Waals surface area contributed by atoms with Gasteiger partial charge < -0.3 is 0 Å². The summed E-state index contributed by atoms with van der Waals surface area (Å²) in [5, 5.41) is 7.76. The van der Waals surface area contributed by atoms with E-state index in [0.29, 0.717) is 6.17 Å². The molecule has 1 nitrogen and oxygen atoms in total. The first-order valence-corrected chi connectivity index (χ1v) is 16.4. The Morgan fingerprint density at radius 1 is 0.690 bits per heavy atom. The van der Waals surface area contributed by atoms with Gasteiger partial charge in [-0.3, -0.25) is 0 Å². The quantitative estimate of drug-likeness (QED) is 0.150. The molecule has 0 amide bonds. The van der Waals surface area contributed by atoms with Gasteiger partial charge in [-0.25, -0.2) is 4.57 Å². The van der Waals surface area contributed by atoms with Crippen LogP contribution < -0.4 is 4.57 Å². The van der Waals surface area contributed by atoms with Gasteiger partial charge in [0.2, 0.25) is 5.69 Å². The van der Waals surface area contributed by atoms with Crippen LogP contribution in [0.15, 0.2) is 64.5 Å². The van der Waals surface area contributed by atoms with Gasteiger partial charge in [0.25, 0.3) is 0 Å². The van der Waals surface area contributed by atoms with Gasteiger partial charge in [-0.1, -0.05) is 110 Å². The van der Waals surface area contributed by atoms with Gasteiger partial charge in [-0.2, -0.15) is 0 Å². The first-order chi connectivity index (χ1) is 19.9. The van der Waals surface area contributed by atoms with Crippen LogP contribution in [-0.4, -0.2) is 0 Å². The van der Waals surface area contributed by atoms with Crippen LogP contribution in [-0.2, 0) is 26.3 Å². The number of hydrogen-bond donors (Lipinski definition) is 0. The lowest BCUT2D eigenvalue weighted by Crippen LogP contribution is -2.32. The molecular formula is C40H48NS+. The second-order valence-electron chi connectivity index (χ2n) is 16.4. The van der Waals surface area contributed by atoms with Crippen LogP contribution in [0.1, 0.15) is 85.9 Å². The number of nitrogens with zero attached hydrogens (tertiary/aromatic N) is 1. The zero-order valence-corrected chi connectivity index (χ0v) is 28.4. The van der Waals surface area contributed by atoms with Gasteiger partial charge in [0.1, 0.15) is 8.42 Å². The molecule has 0 bridgehead atoms. The predicted octanol–water partition coefficient (Wildman–Crippen LogP) is 11.2. The van der Waals surface area contributed by atoms with Gasteiger partial charge in [0.15, 0.2) is 6.17 Å². The molecule has 1 aromatic heterocycles. The molecule has 2 heteroatoms. The normalized spacial score (nSPS) is 14.1. The van der Waals surface area contributed by atoms with Crippen molar-refractivity contribution < 1.29 is 5.94 Å². The van der Waals surface area contributed by atoms with Crippen molar-refractivity contribution in [2.75, 3.05) is 0 Å². The molecule has 1 aliphatic rings. The molecule has 0 fully saturated rings. The van der Waals surface area contributed by atoms with Gasteiger partial charge in [-0.15, -0.1) is 0 Å². The molecule has 0 N–H and O–H groups in total. The average molecular weight is 576 g/mol. The maximum atomic E-state index is 9.14. The Hall–Kier alpha value is -2.84. The Morgan fingerprint density at radius 2 is 1.29 bits per heavy atom. The molecule has 1 aliphatic heterocycles. The second-order valence-corrected chi connectivity index (χ2v) is 17.5. The Labute approximate surface area is 259 Å². The minimum Gasteiger partial charge on any atom is -0.200 e. The lowest BCUT2D eigenvalue weighted by atomic mass is 9.81. The lowest BCUT2D eigenvalue weighted by Gasteiger charge is -2.28. The fourth-order valence-electron chi connectivity index (χ4n) is 7.02. The van der Waals surface area contributed by atoms with Crippen molar-refractivity contribution in [2.45, 2.75) is 98.3 Å². The molecule has 4 aromatic carbocycles. The highest BCUT2D eigenvalue weighted by Gasteiger charge is 2.33. The first-order valence-electron chi connectivity index (χ1n) is 16.1. The Morgan fingerprint density at radius 3 is 1.90 bits per heavy atom. The minimum atomic E-state index is 0.140. The SMILES string of the molecule is [2H]c1cc2c3c(cc4cc(CC(C)(C)C)ccc42)Sc2c(c(C)c4cc(CC(C)(C)C)ccc4c2CC(C)(C)C)-c3[n+]1C. The van der Waals surface area contributed by atoms with Crippen LogP contribution >= 0.6 is 11.8 Å². The molecule has 0 saturated heterocycles. The van der Waals surface area contributed by atoms with Crippen LogP contribution in [0.2, 0.25) is 0 Å². The summed E-state index contributed by atoms with van der Waals surface area (Å²) in [5.74, 6) is 0. The van der Waals surface area contributed by atoms with Crippen LogP contribution in [0, 0.1) is 23.2 Å². The van der Waals surface area contributed by atoms with E-state index in [-0.39, 0.29) is 16.2 Å². The molecular weight excluding hydrogens is 527 g/mol. The number of aryl methyl sites for hydroxylation is 1. The standard InChI is InChI=1S/C40H48NS/c1-24-31-19-26(22-39(5,6)7)13-15-29(31)32(23-40(8,9)10)37-34(24)36-35-30(16-17-41(36)11)28-14-12-25(21-38(2,3)4)18-27(28)20-33(35)42-37/h12-20H,21-23H2,1-11H3/q+1/i17D. The lowest BCUT2D eigenvalue weighted by molar-refractivity contribution is -0.659. The van der Waals surface area contributed by atoms with E-state index in [1.54, 1.807) is 0 Å². The fraction of sp³-hybridized carbons (Fsp3) is 0.425. The van der Waals surface area contributed by atoms with Crippen LogP contribution in [0.4, 0.5) is 0 Å². The van der Waals surface area contributed by atoms with Crippen molar-refractivity contribution in [3.8, 4) is 11.3 Å².